The smallest absolute Gasteiger partial charge is 0.0351 e. The number of hydrogen-bond acceptors (Lipinski definition) is 0. The van der Waals surface area contributed by atoms with Crippen LogP contribution in [0, 0.1) is 19.8 Å². The molecule has 0 saturated heterocycles. The van der Waals surface area contributed by atoms with E-state index in [1.165, 1.54) is 141 Å². The number of rotatable bonds is 25. The van der Waals surface area contributed by atoms with Crippen molar-refractivity contribution in [2.75, 3.05) is 0 Å². The van der Waals surface area contributed by atoms with Gasteiger partial charge >= 0.3 is 0 Å². The molecule has 0 rings (SSSR count). The first kappa shape index (κ1) is 29.7. The third kappa shape index (κ3) is 24.0. The van der Waals surface area contributed by atoms with Crippen LogP contribution in [-0.2, 0) is 0 Å². The summed E-state index contributed by atoms with van der Waals surface area (Å²) < 4.78 is 0. The highest BCUT2D eigenvalue weighted by Crippen LogP contribution is 2.20. The molecule has 2 radical (unpaired) electrons. The van der Waals surface area contributed by atoms with Crippen molar-refractivity contribution in [3.8, 4) is 0 Å². The molecule has 0 amide bonds. The van der Waals surface area contributed by atoms with Gasteiger partial charge in [-0.3, -0.25) is 0 Å². The molecule has 0 nitrogen and oxygen atoms in total. The van der Waals surface area contributed by atoms with Crippen molar-refractivity contribution in [2.45, 2.75) is 161 Å². The van der Waals surface area contributed by atoms with Gasteiger partial charge in [-0.15, -0.1) is 0 Å². The van der Waals surface area contributed by atoms with Crippen LogP contribution in [0.4, 0.5) is 0 Å². The lowest BCUT2D eigenvalue weighted by atomic mass is 9.93. The minimum atomic E-state index is 0.967. The second-order valence-corrected chi connectivity index (χ2v) is 9.62. The zero-order chi connectivity index (χ0) is 22.0. The fraction of sp³-hybridized carbons (Fsp3) is 0.867. The maximum absolute atomic E-state index is 3.96. The highest BCUT2D eigenvalue weighted by molar-refractivity contribution is 4.81. The molecule has 0 fully saturated rings. The number of hydrogen-bond donors (Lipinski definition) is 0. The minimum Gasteiger partial charge on any atom is -0.0885 e. The van der Waals surface area contributed by atoms with E-state index < -0.39 is 0 Å². The number of unbranched alkanes of at least 4 members (excludes halogenated alkanes) is 18. The highest BCUT2D eigenvalue weighted by atomic mass is 14.1. The van der Waals surface area contributed by atoms with E-state index in [2.05, 4.69) is 32.9 Å². The van der Waals surface area contributed by atoms with E-state index in [0.29, 0.717) is 0 Å². The van der Waals surface area contributed by atoms with E-state index in [-0.39, 0.29) is 0 Å². The van der Waals surface area contributed by atoms with E-state index >= 15 is 0 Å². The van der Waals surface area contributed by atoms with Gasteiger partial charge in [-0.1, -0.05) is 161 Å². The molecule has 0 heteroatoms. The van der Waals surface area contributed by atoms with Crippen molar-refractivity contribution in [1.29, 1.82) is 0 Å². The molecule has 1 atom stereocenters. The molecule has 30 heavy (non-hydrogen) atoms. The molecule has 0 aromatic heterocycles. The highest BCUT2D eigenvalue weighted by Gasteiger charge is 2.05. The molecule has 0 N–H and O–H groups in total. The SMILES string of the molecule is [CH2]CCCCCCCCCCCCCCC/C=C/CCCCC(CC)CCCC[CH2]. The standard InChI is InChI=1S/C30H58/c1-4-7-9-10-11-12-13-14-15-16-17-18-19-20-21-22-23-24-25-27-29-30(6-3)28-26-8-5-2/h22-23,30H,1-2,4-21,24-29H2,3H3/b23-22+. The van der Waals surface area contributed by atoms with Gasteiger partial charge in [0.25, 0.3) is 0 Å². The molecular formula is C30H58. The van der Waals surface area contributed by atoms with Gasteiger partial charge in [-0.25, -0.2) is 0 Å². The summed E-state index contributed by atoms with van der Waals surface area (Å²) in [6.45, 7) is 10.2. The lowest BCUT2D eigenvalue weighted by Crippen LogP contribution is -1.98. The van der Waals surface area contributed by atoms with E-state index in [4.69, 9.17) is 0 Å². The quantitative estimate of drug-likeness (QED) is 0.102. The summed E-state index contributed by atoms with van der Waals surface area (Å²) in [5.41, 5.74) is 0. The van der Waals surface area contributed by atoms with Crippen molar-refractivity contribution in [2.24, 2.45) is 5.92 Å². The summed E-state index contributed by atoms with van der Waals surface area (Å²) >= 11 is 0. The summed E-state index contributed by atoms with van der Waals surface area (Å²) in [4.78, 5) is 0. The Bertz CT molecular complexity index is 316. The summed E-state index contributed by atoms with van der Waals surface area (Å²) in [7, 11) is 0. The Labute approximate surface area is 193 Å². The van der Waals surface area contributed by atoms with Crippen LogP contribution < -0.4 is 0 Å². The Morgan fingerprint density at radius 2 is 0.800 bits per heavy atom. The van der Waals surface area contributed by atoms with Gasteiger partial charge in [0, 0.05) is 0 Å². The number of allylic oxidation sites excluding steroid dienone is 2. The molecule has 0 heterocycles. The molecule has 0 aromatic rings. The Balaban J connectivity index is 3.21. The Morgan fingerprint density at radius 1 is 0.467 bits per heavy atom. The van der Waals surface area contributed by atoms with E-state index in [0.717, 1.165) is 18.8 Å². The van der Waals surface area contributed by atoms with Crippen LogP contribution in [0.5, 0.6) is 0 Å². The normalized spacial score (nSPS) is 12.8. The van der Waals surface area contributed by atoms with Crippen LogP contribution in [-0.4, -0.2) is 0 Å². The Kier molecular flexibility index (Phi) is 26.5. The molecule has 0 aromatic carbocycles. The third-order valence-corrected chi connectivity index (χ3v) is 6.71. The topological polar surface area (TPSA) is 0 Å². The minimum absolute atomic E-state index is 0.967. The van der Waals surface area contributed by atoms with Crippen LogP contribution in [0.2, 0.25) is 0 Å². The Hall–Kier alpha value is -0.260. The maximum Gasteiger partial charge on any atom is -0.0351 e. The second kappa shape index (κ2) is 26.8. The first-order valence-electron chi connectivity index (χ1n) is 14.1. The third-order valence-electron chi connectivity index (χ3n) is 6.71. The Morgan fingerprint density at radius 3 is 1.23 bits per heavy atom. The van der Waals surface area contributed by atoms with Crippen LogP contribution >= 0.6 is 0 Å². The zero-order valence-electron chi connectivity index (χ0n) is 21.1. The molecule has 0 saturated carbocycles. The molecule has 0 bridgehead atoms. The van der Waals surface area contributed by atoms with E-state index in [9.17, 15) is 0 Å². The van der Waals surface area contributed by atoms with E-state index in [1.807, 2.05) is 0 Å². The van der Waals surface area contributed by atoms with Crippen molar-refractivity contribution < 1.29 is 0 Å². The van der Waals surface area contributed by atoms with Crippen molar-refractivity contribution in [3.63, 3.8) is 0 Å². The fourth-order valence-electron chi connectivity index (χ4n) is 4.48. The first-order valence-corrected chi connectivity index (χ1v) is 14.1. The van der Waals surface area contributed by atoms with Crippen LogP contribution in [0.25, 0.3) is 0 Å². The molecule has 0 aliphatic carbocycles. The van der Waals surface area contributed by atoms with Crippen LogP contribution in [0.15, 0.2) is 12.2 Å². The van der Waals surface area contributed by atoms with Crippen LogP contribution in [0.3, 0.4) is 0 Å². The van der Waals surface area contributed by atoms with Crippen molar-refractivity contribution in [3.05, 3.63) is 26.0 Å². The van der Waals surface area contributed by atoms with Gasteiger partial charge in [-0.05, 0) is 31.6 Å². The fourth-order valence-corrected chi connectivity index (χ4v) is 4.48. The molecule has 0 aliphatic rings. The lowest BCUT2D eigenvalue weighted by molar-refractivity contribution is 0.402. The van der Waals surface area contributed by atoms with Gasteiger partial charge in [0.05, 0.1) is 0 Å². The predicted molar refractivity (Wildman–Crippen MR) is 140 cm³/mol. The molecule has 178 valence electrons. The molecule has 1 unspecified atom stereocenters. The van der Waals surface area contributed by atoms with Crippen LogP contribution in [0.1, 0.15) is 161 Å². The van der Waals surface area contributed by atoms with Gasteiger partial charge in [0.2, 0.25) is 0 Å². The summed E-state index contributed by atoms with van der Waals surface area (Å²) in [6.07, 6.45) is 38.1. The summed E-state index contributed by atoms with van der Waals surface area (Å²) in [5, 5.41) is 0. The predicted octanol–water partition coefficient (Wildman–Crippen LogP) is 11.2. The summed E-state index contributed by atoms with van der Waals surface area (Å²) in [6, 6.07) is 0. The average molecular weight is 419 g/mol. The monoisotopic (exact) mass is 418 g/mol. The lowest BCUT2D eigenvalue weighted by Gasteiger charge is -2.13. The van der Waals surface area contributed by atoms with Gasteiger partial charge in [0.1, 0.15) is 0 Å². The first-order chi connectivity index (χ1) is 14.8. The largest absolute Gasteiger partial charge is 0.0885 e. The molecule has 0 spiro atoms. The van der Waals surface area contributed by atoms with Gasteiger partial charge < -0.3 is 0 Å². The molecular weight excluding hydrogens is 360 g/mol. The summed E-state index contributed by atoms with van der Waals surface area (Å²) in [5.74, 6) is 0.967. The molecule has 0 aliphatic heterocycles. The second-order valence-electron chi connectivity index (χ2n) is 9.62. The van der Waals surface area contributed by atoms with Gasteiger partial charge in [-0.2, -0.15) is 0 Å². The van der Waals surface area contributed by atoms with Crippen molar-refractivity contribution in [1.82, 2.24) is 0 Å². The van der Waals surface area contributed by atoms with Gasteiger partial charge in [0.15, 0.2) is 0 Å². The zero-order valence-corrected chi connectivity index (χ0v) is 21.1. The van der Waals surface area contributed by atoms with Crippen molar-refractivity contribution >= 4 is 0 Å². The average Bonchev–Trinajstić information content (AvgIpc) is 2.76. The van der Waals surface area contributed by atoms with E-state index in [1.54, 1.807) is 0 Å². The maximum atomic E-state index is 3.96.